The summed E-state index contributed by atoms with van der Waals surface area (Å²) in [6.45, 7) is 0.730. The van der Waals surface area contributed by atoms with E-state index in [0.29, 0.717) is 42.7 Å². The van der Waals surface area contributed by atoms with Gasteiger partial charge in [-0.2, -0.15) is 0 Å². The van der Waals surface area contributed by atoms with Crippen molar-refractivity contribution in [2.24, 2.45) is 5.92 Å². The molecular formula is C17H25NO5S. The molecule has 1 amide bonds. The quantitative estimate of drug-likeness (QED) is 0.378. The highest BCUT2D eigenvalue weighted by Crippen LogP contribution is 2.29. The third-order valence-corrected chi connectivity index (χ3v) is 5.40. The van der Waals surface area contributed by atoms with Crippen LogP contribution in [-0.2, 0) is 23.9 Å². The van der Waals surface area contributed by atoms with E-state index in [0.717, 1.165) is 6.42 Å². The molecule has 0 aromatic rings. The van der Waals surface area contributed by atoms with Gasteiger partial charge in [0.05, 0.1) is 30.6 Å². The van der Waals surface area contributed by atoms with E-state index in [1.54, 1.807) is 4.90 Å². The van der Waals surface area contributed by atoms with Crippen molar-refractivity contribution in [1.82, 2.24) is 4.90 Å². The summed E-state index contributed by atoms with van der Waals surface area (Å²) in [6.07, 6.45) is 8.31. The van der Waals surface area contributed by atoms with Crippen LogP contribution in [0.15, 0.2) is 11.1 Å². The monoisotopic (exact) mass is 355 g/mol. The predicted octanol–water partition coefficient (Wildman–Crippen LogP) is 2.48. The van der Waals surface area contributed by atoms with Crippen LogP contribution in [0.1, 0.15) is 44.9 Å². The number of carbonyl (C=O) groups excluding carboxylic acids is 3. The summed E-state index contributed by atoms with van der Waals surface area (Å²) in [4.78, 5) is 36.4. The zero-order valence-corrected chi connectivity index (χ0v) is 14.9. The summed E-state index contributed by atoms with van der Waals surface area (Å²) in [6, 6.07) is 0. The highest BCUT2D eigenvalue weighted by atomic mass is 32.2. The fraction of sp³-hybridized carbons (Fsp3) is 0.706. The molecule has 24 heavy (non-hydrogen) atoms. The van der Waals surface area contributed by atoms with Crippen molar-refractivity contribution in [2.75, 3.05) is 26.0 Å². The van der Waals surface area contributed by atoms with Gasteiger partial charge >= 0.3 is 11.9 Å². The van der Waals surface area contributed by atoms with Crippen molar-refractivity contribution < 1.29 is 23.9 Å². The SMILES string of the molecule is COC(=O)/C=C1/SCC(=O)N1CCCOC(=O)CCC1CCCC1. The molecule has 0 spiro atoms. The summed E-state index contributed by atoms with van der Waals surface area (Å²) in [5, 5.41) is 0.597. The molecule has 0 aromatic heterocycles. The predicted molar refractivity (Wildman–Crippen MR) is 91.0 cm³/mol. The normalized spacial score (nSPS) is 20.0. The fourth-order valence-electron chi connectivity index (χ4n) is 3.03. The second-order valence-electron chi connectivity index (χ2n) is 6.10. The van der Waals surface area contributed by atoms with Crippen molar-refractivity contribution in [3.8, 4) is 0 Å². The van der Waals surface area contributed by atoms with Crippen LogP contribution in [-0.4, -0.2) is 48.8 Å². The first-order chi connectivity index (χ1) is 11.6. The first kappa shape index (κ1) is 18.8. The van der Waals surface area contributed by atoms with Gasteiger partial charge in [-0.15, -0.1) is 0 Å². The Labute approximate surface area is 146 Å². The van der Waals surface area contributed by atoms with Crippen LogP contribution >= 0.6 is 11.8 Å². The topological polar surface area (TPSA) is 72.9 Å². The number of rotatable bonds is 8. The second-order valence-corrected chi connectivity index (χ2v) is 7.10. The third-order valence-electron chi connectivity index (χ3n) is 4.37. The highest BCUT2D eigenvalue weighted by molar-refractivity contribution is 8.04. The van der Waals surface area contributed by atoms with Crippen LogP contribution < -0.4 is 0 Å². The van der Waals surface area contributed by atoms with Crippen LogP contribution in [0.2, 0.25) is 0 Å². The van der Waals surface area contributed by atoms with Crippen LogP contribution in [0.5, 0.6) is 0 Å². The highest BCUT2D eigenvalue weighted by Gasteiger charge is 2.27. The summed E-state index contributed by atoms with van der Waals surface area (Å²) in [5.74, 6) is 0.333. The lowest BCUT2D eigenvalue weighted by molar-refractivity contribution is -0.144. The molecule has 1 saturated carbocycles. The van der Waals surface area contributed by atoms with Gasteiger partial charge < -0.3 is 14.4 Å². The van der Waals surface area contributed by atoms with Crippen LogP contribution in [0.4, 0.5) is 0 Å². The molecule has 0 unspecified atom stereocenters. The van der Waals surface area contributed by atoms with Crippen LogP contribution in [0.25, 0.3) is 0 Å². The minimum atomic E-state index is -0.476. The van der Waals surface area contributed by atoms with Crippen molar-refractivity contribution in [3.05, 3.63) is 11.1 Å². The molecule has 1 heterocycles. The summed E-state index contributed by atoms with van der Waals surface area (Å²) in [7, 11) is 1.30. The maximum atomic E-state index is 11.8. The van der Waals surface area contributed by atoms with Gasteiger partial charge in [0.2, 0.25) is 5.91 Å². The Morgan fingerprint density at radius 2 is 2.08 bits per heavy atom. The molecule has 7 heteroatoms. The molecule has 1 aliphatic heterocycles. The van der Waals surface area contributed by atoms with Crippen molar-refractivity contribution in [3.63, 3.8) is 0 Å². The summed E-state index contributed by atoms with van der Waals surface area (Å²) >= 11 is 1.32. The van der Waals surface area contributed by atoms with Crippen molar-refractivity contribution >= 4 is 29.6 Å². The number of amides is 1. The van der Waals surface area contributed by atoms with Gasteiger partial charge in [-0.1, -0.05) is 37.4 Å². The number of thioether (sulfide) groups is 1. The Hall–Kier alpha value is -1.50. The Morgan fingerprint density at radius 1 is 1.33 bits per heavy atom. The number of methoxy groups -OCH3 is 1. The molecule has 2 rings (SSSR count). The van der Waals surface area contributed by atoms with Gasteiger partial charge in [0, 0.05) is 13.0 Å². The number of carbonyl (C=O) groups is 3. The molecule has 134 valence electrons. The second kappa shape index (κ2) is 9.71. The van der Waals surface area contributed by atoms with Crippen molar-refractivity contribution in [2.45, 2.75) is 44.9 Å². The van der Waals surface area contributed by atoms with Gasteiger partial charge in [-0.25, -0.2) is 4.79 Å². The molecule has 0 atom stereocenters. The Morgan fingerprint density at radius 3 is 2.79 bits per heavy atom. The van der Waals surface area contributed by atoms with E-state index in [1.165, 1.54) is 50.6 Å². The Bertz CT molecular complexity index is 499. The first-order valence-electron chi connectivity index (χ1n) is 8.48. The smallest absolute Gasteiger partial charge is 0.333 e. The Balaban J connectivity index is 1.64. The lowest BCUT2D eigenvalue weighted by Crippen LogP contribution is -2.27. The summed E-state index contributed by atoms with van der Waals surface area (Å²) in [5.41, 5.74) is 0. The van der Waals surface area contributed by atoms with E-state index in [9.17, 15) is 14.4 Å². The average Bonchev–Trinajstić information content (AvgIpc) is 3.20. The Kier molecular flexibility index (Phi) is 7.62. The first-order valence-corrected chi connectivity index (χ1v) is 9.47. The van der Waals surface area contributed by atoms with Crippen molar-refractivity contribution in [1.29, 1.82) is 0 Å². The van der Waals surface area contributed by atoms with E-state index < -0.39 is 5.97 Å². The molecule has 0 aromatic carbocycles. The summed E-state index contributed by atoms with van der Waals surface area (Å²) < 4.78 is 9.83. The van der Waals surface area contributed by atoms with E-state index >= 15 is 0 Å². The fourth-order valence-corrected chi connectivity index (χ4v) is 3.99. The number of ether oxygens (including phenoxy) is 2. The lowest BCUT2D eigenvalue weighted by atomic mass is 10.0. The zero-order valence-electron chi connectivity index (χ0n) is 14.1. The molecule has 6 nitrogen and oxygen atoms in total. The van der Waals surface area contributed by atoms with Gasteiger partial charge in [0.25, 0.3) is 0 Å². The zero-order chi connectivity index (χ0) is 17.4. The number of nitrogens with zero attached hydrogens (tertiary/aromatic N) is 1. The molecule has 1 saturated heterocycles. The maximum absolute atomic E-state index is 11.8. The molecule has 0 bridgehead atoms. The molecular weight excluding hydrogens is 330 g/mol. The minimum Gasteiger partial charge on any atom is -0.466 e. The third kappa shape index (κ3) is 5.85. The van der Waals surface area contributed by atoms with E-state index in [-0.39, 0.29) is 11.9 Å². The van der Waals surface area contributed by atoms with Crippen LogP contribution in [0, 0.1) is 5.92 Å². The largest absolute Gasteiger partial charge is 0.466 e. The number of hydrogen-bond donors (Lipinski definition) is 0. The maximum Gasteiger partial charge on any atom is 0.333 e. The molecule has 2 aliphatic rings. The van der Waals surface area contributed by atoms with Crippen LogP contribution in [0.3, 0.4) is 0 Å². The van der Waals surface area contributed by atoms with Gasteiger partial charge in [0.15, 0.2) is 0 Å². The molecule has 0 N–H and O–H groups in total. The number of esters is 2. The van der Waals surface area contributed by atoms with Gasteiger partial charge in [-0.05, 0) is 18.8 Å². The molecule has 2 fully saturated rings. The van der Waals surface area contributed by atoms with E-state index in [2.05, 4.69) is 4.74 Å². The number of hydrogen-bond acceptors (Lipinski definition) is 6. The lowest BCUT2D eigenvalue weighted by Gasteiger charge is -2.16. The standard InChI is InChI=1S/C17H25NO5S/c1-22-17(21)11-15-18(14(19)12-24-15)9-4-10-23-16(20)8-7-13-5-2-3-6-13/h11,13H,2-10,12H2,1H3/b15-11+. The molecule has 0 radical (unpaired) electrons. The van der Waals surface area contributed by atoms with Gasteiger partial charge in [0.1, 0.15) is 0 Å². The molecule has 1 aliphatic carbocycles. The van der Waals surface area contributed by atoms with E-state index in [1.807, 2.05) is 0 Å². The van der Waals surface area contributed by atoms with E-state index in [4.69, 9.17) is 4.74 Å². The minimum absolute atomic E-state index is 0.0392. The average molecular weight is 355 g/mol. The van der Waals surface area contributed by atoms with Gasteiger partial charge in [-0.3, -0.25) is 9.59 Å².